The molecular weight excluding hydrogens is 583 g/mol. The first-order valence-electron chi connectivity index (χ1n) is 16.4. The van der Waals surface area contributed by atoms with Gasteiger partial charge in [-0.1, -0.05) is 121 Å². The zero-order chi connectivity index (χ0) is 31.6. The van der Waals surface area contributed by atoms with E-state index in [0.717, 1.165) is 44.4 Å². The minimum Gasteiger partial charge on any atom is -0.455 e. The Morgan fingerprint density at radius 3 is 1.75 bits per heavy atom. The van der Waals surface area contributed by atoms with Crippen molar-refractivity contribution < 1.29 is 4.42 Å². The van der Waals surface area contributed by atoms with Crippen molar-refractivity contribution in [3.8, 4) is 11.1 Å². The highest BCUT2D eigenvalue weighted by molar-refractivity contribution is 6.23. The number of para-hydroxylation sites is 1. The van der Waals surface area contributed by atoms with Gasteiger partial charge >= 0.3 is 0 Å². The predicted molar refractivity (Wildman–Crippen MR) is 204 cm³/mol. The van der Waals surface area contributed by atoms with Gasteiger partial charge in [-0.25, -0.2) is 0 Å². The highest BCUT2D eigenvalue weighted by atomic mass is 16.3. The lowest BCUT2D eigenvalue weighted by molar-refractivity contribution is 0.672. The van der Waals surface area contributed by atoms with Crippen LogP contribution in [-0.2, 0) is 0 Å². The Hall–Kier alpha value is -6.38. The molecule has 48 heavy (non-hydrogen) atoms. The fourth-order valence-corrected chi connectivity index (χ4v) is 7.56. The predicted octanol–water partition coefficient (Wildman–Crippen LogP) is 13.3. The van der Waals surface area contributed by atoms with Gasteiger partial charge < -0.3 is 9.32 Å². The van der Waals surface area contributed by atoms with Crippen molar-refractivity contribution in [2.45, 2.75) is 0 Å². The van der Waals surface area contributed by atoms with E-state index in [1.54, 1.807) is 0 Å². The van der Waals surface area contributed by atoms with Crippen LogP contribution >= 0.6 is 0 Å². The number of hydrogen-bond acceptors (Lipinski definition) is 2. The molecule has 0 bridgehead atoms. The van der Waals surface area contributed by atoms with Gasteiger partial charge in [0.15, 0.2) is 0 Å². The summed E-state index contributed by atoms with van der Waals surface area (Å²) >= 11 is 0. The second-order valence-electron chi connectivity index (χ2n) is 12.5. The molecule has 0 unspecified atom stereocenters. The third-order valence-corrected chi connectivity index (χ3v) is 9.80. The zero-order valence-corrected chi connectivity index (χ0v) is 26.1. The molecule has 224 valence electrons. The molecule has 0 aliphatic rings. The Kier molecular flexibility index (Phi) is 5.91. The molecule has 1 aromatic heterocycles. The van der Waals surface area contributed by atoms with E-state index in [2.05, 4.69) is 181 Å². The first-order valence-corrected chi connectivity index (χ1v) is 16.4. The van der Waals surface area contributed by atoms with Crippen LogP contribution < -0.4 is 4.90 Å². The zero-order valence-electron chi connectivity index (χ0n) is 26.1. The first kappa shape index (κ1) is 26.8. The smallest absolute Gasteiger partial charge is 0.143 e. The van der Waals surface area contributed by atoms with Gasteiger partial charge in [0.2, 0.25) is 0 Å². The summed E-state index contributed by atoms with van der Waals surface area (Å²) in [6.45, 7) is 0. The van der Waals surface area contributed by atoms with Gasteiger partial charge in [0, 0.05) is 33.2 Å². The molecule has 0 saturated heterocycles. The number of furan rings is 1. The summed E-state index contributed by atoms with van der Waals surface area (Å²) in [6, 6.07) is 63.3. The fraction of sp³-hybridized carbons (Fsp3) is 0. The van der Waals surface area contributed by atoms with Crippen molar-refractivity contribution in [3.05, 3.63) is 176 Å². The Morgan fingerprint density at radius 1 is 0.354 bits per heavy atom. The van der Waals surface area contributed by atoms with E-state index in [1.165, 1.54) is 48.8 Å². The van der Waals surface area contributed by atoms with Gasteiger partial charge in [0.05, 0.1) is 0 Å². The maximum Gasteiger partial charge on any atom is 0.143 e. The number of nitrogens with zero attached hydrogens (tertiary/aromatic N) is 1. The van der Waals surface area contributed by atoms with Crippen molar-refractivity contribution in [2.75, 3.05) is 4.90 Å². The topological polar surface area (TPSA) is 16.4 Å². The number of rotatable bonds is 4. The molecule has 9 aromatic carbocycles. The Labute approximate surface area is 277 Å². The lowest BCUT2D eigenvalue weighted by Gasteiger charge is -2.26. The second-order valence-corrected chi connectivity index (χ2v) is 12.5. The number of benzene rings is 9. The minimum atomic E-state index is 0.892. The van der Waals surface area contributed by atoms with Crippen LogP contribution in [0.3, 0.4) is 0 Å². The average Bonchev–Trinajstić information content (AvgIpc) is 3.54. The molecule has 0 N–H and O–H groups in total. The van der Waals surface area contributed by atoms with Gasteiger partial charge in [0.1, 0.15) is 11.2 Å². The summed E-state index contributed by atoms with van der Waals surface area (Å²) in [5.74, 6) is 0. The summed E-state index contributed by atoms with van der Waals surface area (Å²) in [6.07, 6.45) is 0. The molecule has 10 aromatic rings. The summed E-state index contributed by atoms with van der Waals surface area (Å²) in [5, 5.41) is 12.2. The first-order chi connectivity index (χ1) is 23.8. The maximum absolute atomic E-state index is 6.45. The van der Waals surface area contributed by atoms with E-state index in [1.807, 2.05) is 0 Å². The van der Waals surface area contributed by atoms with Crippen molar-refractivity contribution >= 4 is 82.1 Å². The van der Waals surface area contributed by atoms with Crippen LogP contribution in [0.5, 0.6) is 0 Å². The Morgan fingerprint density at radius 2 is 0.958 bits per heavy atom. The van der Waals surface area contributed by atoms with Crippen LogP contribution in [0, 0.1) is 0 Å². The summed E-state index contributed by atoms with van der Waals surface area (Å²) < 4.78 is 6.45. The van der Waals surface area contributed by atoms with E-state index >= 15 is 0 Å². The van der Waals surface area contributed by atoms with Crippen LogP contribution in [0.2, 0.25) is 0 Å². The van der Waals surface area contributed by atoms with Gasteiger partial charge in [-0.3, -0.25) is 0 Å². The Balaban J connectivity index is 1.15. The molecule has 0 aliphatic heterocycles. The van der Waals surface area contributed by atoms with Crippen molar-refractivity contribution in [2.24, 2.45) is 0 Å². The molecule has 10 rings (SSSR count). The molecule has 1 heterocycles. The quantitative estimate of drug-likeness (QED) is 0.184. The number of fused-ring (bicyclic) bond motifs is 10. The summed E-state index contributed by atoms with van der Waals surface area (Å²) in [7, 11) is 0. The largest absolute Gasteiger partial charge is 0.455 e. The summed E-state index contributed by atoms with van der Waals surface area (Å²) in [5.41, 5.74) is 7.55. The van der Waals surface area contributed by atoms with Gasteiger partial charge in [0.25, 0.3) is 0 Å². The average molecular weight is 612 g/mol. The standard InChI is InChI=1S/C46H29NO/c1-2-13-34(14-3-1)47(36-24-27-44-43(29-36)41-26-21-31-11-5-9-17-39(31)46(41)48-44)35-22-18-32(19-23-35)42-28-33-12-6-7-15-37(33)40-25-20-30-10-4-8-16-38(30)45(40)42/h1-29H. The van der Waals surface area contributed by atoms with E-state index < -0.39 is 0 Å². The molecule has 0 amide bonds. The van der Waals surface area contributed by atoms with Crippen molar-refractivity contribution in [3.63, 3.8) is 0 Å². The highest BCUT2D eigenvalue weighted by Gasteiger charge is 2.17. The van der Waals surface area contributed by atoms with E-state index in [9.17, 15) is 0 Å². The maximum atomic E-state index is 6.45. The van der Waals surface area contributed by atoms with Gasteiger partial charge in [-0.2, -0.15) is 0 Å². The van der Waals surface area contributed by atoms with E-state index in [-0.39, 0.29) is 0 Å². The van der Waals surface area contributed by atoms with E-state index in [4.69, 9.17) is 4.42 Å². The van der Waals surface area contributed by atoms with Gasteiger partial charge in [-0.15, -0.1) is 0 Å². The SMILES string of the molecule is c1ccc(N(c2ccc(-c3cc4ccccc4c4ccc5ccccc5c34)cc2)c2ccc3oc4c5ccccc5ccc4c3c2)cc1. The molecule has 0 aliphatic carbocycles. The molecule has 0 atom stereocenters. The normalized spacial score (nSPS) is 11.8. The lowest BCUT2D eigenvalue weighted by Crippen LogP contribution is -2.09. The third kappa shape index (κ3) is 4.13. The molecule has 0 radical (unpaired) electrons. The Bertz CT molecular complexity index is 2830. The van der Waals surface area contributed by atoms with Crippen molar-refractivity contribution in [1.82, 2.24) is 0 Å². The molecular formula is C46H29NO. The minimum absolute atomic E-state index is 0.892. The monoisotopic (exact) mass is 611 g/mol. The molecule has 2 heteroatoms. The van der Waals surface area contributed by atoms with E-state index in [0.29, 0.717) is 0 Å². The van der Waals surface area contributed by atoms with Crippen LogP contribution in [0.1, 0.15) is 0 Å². The van der Waals surface area contributed by atoms with Crippen molar-refractivity contribution in [1.29, 1.82) is 0 Å². The fourth-order valence-electron chi connectivity index (χ4n) is 7.56. The highest BCUT2D eigenvalue weighted by Crippen LogP contribution is 2.43. The van der Waals surface area contributed by atoms with Crippen LogP contribution in [-0.4, -0.2) is 0 Å². The third-order valence-electron chi connectivity index (χ3n) is 9.80. The number of hydrogen-bond donors (Lipinski definition) is 0. The van der Waals surface area contributed by atoms with Gasteiger partial charge in [-0.05, 0) is 103 Å². The molecule has 0 spiro atoms. The molecule has 0 fully saturated rings. The summed E-state index contributed by atoms with van der Waals surface area (Å²) in [4.78, 5) is 2.33. The molecule has 0 saturated carbocycles. The molecule has 2 nitrogen and oxygen atoms in total. The van der Waals surface area contributed by atoms with Crippen LogP contribution in [0.4, 0.5) is 17.1 Å². The number of anilines is 3. The van der Waals surface area contributed by atoms with Crippen LogP contribution in [0.15, 0.2) is 180 Å². The second kappa shape index (κ2) is 10.6. The lowest BCUT2D eigenvalue weighted by atomic mass is 9.90. The van der Waals surface area contributed by atoms with Crippen LogP contribution in [0.25, 0.3) is 76.2 Å².